The molecule has 16 heavy (non-hydrogen) atoms. The minimum atomic E-state index is 0.777. The molecule has 0 saturated heterocycles. The number of benzene rings is 2. The Morgan fingerprint density at radius 3 is 2.50 bits per heavy atom. The predicted molar refractivity (Wildman–Crippen MR) is 65.6 cm³/mol. The maximum Gasteiger partial charge on any atom is 0.142 e. The van der Waals surface area contributed by atoms with Gasteiger partial charge in [-0.2, -0.15) is 0 Å². The monoisotopic (exact) mass is 212 g/mol. The van der Waals surface area contributed by atoms with E-state index >= 15 is 0 Å². The number of carbonyl (C=O) groups excluding carboxylic acids is 1. The molecule has 2 rings (SSSR count). The molecule has 80 valence electrons. The van der Waals surface area contributed by atoms with Gasteiger partial charge in [-0.15, -0.1) is 0 Å². The minimum Gasteiger partial charge on any atom is -0.496 e. The van der Waals surface area contributed by atoms with Crippen LogP contribution in [0.4, 0.5) is 0 Å². The van der Waals surface area contributed by atoms with Crippen LogP contribution in [0.5, 0.6) is 5.75 Å². The smallest absolute Gasteiger partial charge is 0.142 e. The van der Waals surface area contributed by atoms with Crippen molar-refractivity contribution in [1.29, 1.82) is 0 Å². The van der Waals surface area contributed by atoms with Crippen LogP contribution in [-0.4, -0.2) is 13.4 Å². The molecule has 0 N–H and O–H groups in total. The second-order valence-corrected chi connectivity index (χ2v) is 3.40. The highest BCUT2D eigenvalue weighted by Gasteiger charge is 2.03. The summed E-state index contributed by atoms with van der Waals surface area (Å²) in [6.07, 6.45) is 4.07. The summed E-state index contributed by atoms with van der Waals surface area (Å²) in [5.41, 5.74) is 1.02. The molecule has 0 aromatic heterocycles. The highest BCUT2D eigenvalue weighted by atomic mass is 16.5. The molecular weight excluding hydrogens is 200 g/mol. The van der Waals surface area contributed by atoms with Crippen molar-refractivity contribution >= 4 is 23.1 Å². The fourth-order valence-electron chi connectivity index (χ4n) is 1.76. The van der Waals surface area contributed by atoms with Gasteiger partial charge in [0, 0.05) is 5.39 Å². The van der Waals surface area contributed by atoms with E-state index in [1.807, 2.05) is 36.4 Å². The summed E-state index contributed by atoms with van der Waals surface area (Å²) in [5.74, 6) is 0.846. The largest absolute Gasteiger partial charge is 0.496 e. The Bertz CT molecular complexity index is 541. The zero-order valence-electron chi connectivity index (χ0n) is 9.01. The Labute approximate surface area is 94.2 Å². The maximum atomic E-state index is 10.3. The second-order valence-electron chi connectivity index (χ2n) is 3.40. The number of rotatable bonds is 3. The lowest BCUT2D eigenvalue weighted by Gasteiger charge is -2.07. The number of hydrogen-bond acceptors (Lipinski definition) is 2. The minimum absolute atomic E-state index is 0.777. The Morgan fingerprint density at radius 1 is 1.06 bits per heavy atom. The first kappa shape index (κ1) is 10.4. The summed E-state index contributed by atoms with van der Waals surface area (Å²) < 4.78 is 5.29. The van der Waals surface area contributed by atoms with Gasteiger partial charge in [0.25, 0.3) is 0 Å². The summed E-state index contributed by atoms with van der Waals surface area (Å²) in [7, 11) is 1.66. The number of allylic oxidation sites excluding steroid dienone is 1. The van der Waals surface area contributed by atoms with Crippen LogP contribution in [-0.2, 0) is 4.79 Å². The number of aldehydes is 1. The van der Waals surface area contributed by atoms with E-state index in [1.54, 1.807) is 13.2 Å². The van der Waals surface area contributed by atoms with Crippen molar-refractivity contribution in [2.75, 3.05) is 7.11 Å². The van der Waals surface area contributed by atoms with E-state index in [2.05, 4.69) is 0 Å². The van der Waals surface area contributed by atoms with E-state index in [0.29, 0.717) is 0 Å². The zero-order valence-corrected chi connectivity index (χ0v) is 9.01. The third-order valence-corrected chi connectivity index (χ3v) is 2.49. The van der Waals surface area contributed by atoms with Gasteiger partial charge in [0.2, 0.25) is 0 Å². The standard InChI is InChI=1S/C14H12O2/c1-16-14-9-8-11(5-4-10-15)12-6-2-3-7-13(12)14/h2-10H,1H3. The molecule has 0 fully saturated rings. The van der Waals surface area contributed by atoms with Crippen LogP contribution in [0.3, 0.4) is 0 Å². The molecule has 2 nitrogen and oxygen atoms in total. The molecular formula is C14H12O2. The van der Waals surface area contributed by atoms with Gasteiger partial charge in [-0.05, 0) is 23.1 Å². The third kappa shape index (κ3) is 1.82. The molecule has 0 saturated carbocycles. The Kier molecular flexibility index (Phi) is 3.01. The highest BCUT2D eigenvalue weighted by Crippen LogP contribution is 2.28. The third-order valence-electron chi connectivity index (χ3n) is 2.49. The van der Waals surface area contributed by atoms with Crippen LogP contribution in [0, 0.1) is 0 Å². The topological polar surface area (TPSA) is 26.3 Å². The Morgan fingerprint density at radius 2 is 1.81 bits per heavy atom. The molecule has 2 aromatic rings. The van der Waals surface area contributed by atoms with Crippen molar-refractivity contribution in [1.82, 2.24) is 0 Å². The summed E-state index contributed by atoms with van der Waals surface area (Å²) in [6, 6.07) is 11.8. The average molecular weight is 212 g/mol. The van der Waals surface area contributed by atoms with Gasteiger partial charge in [0.05, 0.1) is 7.11 Å². The average Bonchev–Trinajstić information content (AvgIpc) is 2.36. The number of ether oxygens (including phenoxy) is 1. The SMILES string of the molecule is COc1ccc(C=CC=O)c2ccccc12. The first-order chi connectivity index (χ1) is 7.86. The lowest BCUT2D eigenvalue weighted by atomic mass is 10.0. The predicted octanol–water partition coefficient (Wildman–Crippen LogP) is 3.06. The van der Waals surface area contributed by atoms with Gasteiger partial charge in [-0.3, -0.25) is 4.79 Å². The van der Waals surface area contributed by atoms with Crippen LogP contribution < -0.4 is 4.74 Å². The van der Waals surface area contributed by atoms with Crippen molar-refractivity contribution in [3.8, 4) is 5.75 Å². The molecule has 0 amide bonds. The van der Waals surface area contributed by atoms with Gasteiger partial charge in [-0.25, -0.2) is 0 Å². The van der Waals surface area contributed by atoms with Crippen LogP contribution in [0.1, 0.15) is 5.56 Å². The summed E-state index contributed by atoms with van der Waals surface area (Å²) >= 11 is 0. The second kappa shape index (κ2) is 4.62. The maximum absolute atomic E-state index is 10.3. The van der Waals surface area contributed by atoms with E-state index in [4.69, 9.17) is 4.74 Å². The van der Waals surface area contributed by atoms with E-state index < -0.39 is 0 Å². The molecule has 2 aromatic carbocycles. The molecule has 0 aliphatic carbocycles. The summed E-state index contributed by atoms with van der Waals surface area (Å²) in [6.45, 7) is 0. The van der Waals surface area contributed by atoms with Gasteiger partial charge in [-0.1, -0.05) is 36.4 Å². The molecule has 0 spiro atoms. The molecule has 2 heteroatoms. The van der Waals surface area contributed by atoms with Crippen molar-refractivity contribution in [2.45, 2.75) is 0 Å². The van der Waals surface area contributed by atoms with Gasteiger partial charge >= 0.3 is 0 Å². The number of hydrogen-bond donors (Lipinski definition) is 0. The van der Waals surface area contributed by atoms with Crippen LogP contribution in [0.2, 0.25) is 0 Å². The molecule has 0 aliphatic heterocycles. The lowest BCUT2D eigenvalue weighted by molar-refractivity contribution is -0.104. The molecule has 0 aliphatic rings. The first-order valence-electron chi connectivity index (χ1n) is 5.04. The van der Waals surface area contributed by atoms with Crippen molar-refractivity contribution in [3.05, 3.63) is 48.0 Å². The fraction of sp³-hybridized carbons (Fsp3) is 0.0714. The van der Waals surface area contributed by atoms with Crippen molar-refractivity contribution < 1.29 is 9.53 Å². The van der Waals surface area contributed by atoms with E-state index in [0.717, 1.165) is 28.4 Å². The Hall–Kier alpha value is -2.09. The van der Waals surface area contributed by atoms with Crippen LogP contribution >= 0.6 is 0 Å². The summed E-state index contributed by atoms with van der Waals surface area (Å²) in [5, 5.41) is 2.14. The molecule has 0 radical (unpaired) electrons. The summed E-state index contributed by atoms with van der Waals surface area (Å²) in [4.78, 5) is 10.3. The van der Waals surface area contributed by atoms with Gasteiger partial charge in [0.1, 0.15) is 12.0 Å². The van der Waals surface area contributed by atoms with E-state index in [-0.39, 0.29) is 0 Å². The molecule has 0 heterocycles. The molecule has 0 atom stereocenters. The molecule has 0 unspecified atom stereocenters. The Balaban J connectivity index is 2.69. The highest BCUT2D eigenvalue weighted by molar-refractivity contribution is 5.96. The van der Waals surface area contributed by atoms with Crippen molar-refractivity contribution in [3.63, 3.8) is 0 Å². The first-order valence-corrected chi connectivity index (χ1v) is 5.04. The number of fused-ring (bicyclic) bond motifs is 1. The fourth-order valence-corrected chi connectivity index (χ4v) is 1.76. The zero-order chi connectivity index (χ0) is 11.4. The van der Waals surface area contributed by atoms with Crippen LogP contribution in [0.25, 0.3) is 16.8 Å². The lowest BCUT2D eigenvalue weighted by Crippen LogP contribution is -1.86. The van der Waals surface area contributed by atoms with E-state index in [1.165, 1.54) is 6.08 Å². The van der Waals surface area contributed by atoms with Crippen LogP contribution in [0.15, 0.2) is 42.5 Å². The molecule has 0 bridgehead atoms. The quantitative estimate of drug-likeness (QED) is 0.577. The normalized spacial score (nSPS) is 10.8. The number of carbonyl (C=O) groups is 1. The van der Waals surface area contributed by atoms with Crippen molar-refractivity contribution in [2.24, 2.45) is 0 Å². The van der Waals surface area contributed by atoms with Gasteiger partial charge < -0.3 is 4.74 Å². The number of methoxy groups -OCH3 is 1. The van der Waals surface area contributed by atoms with E-state index in [9.17, 15) is 4.79 Å². The van der Waals surface area contributed by atoms with Gasteiger partial charge in [0.15, 0.2) is 0 Å².